The first-order chi connectivity index (χ1) is 11.3. The van der Waals surface area contributed by atoms with E-state index in [1.54, 1.807) is 48.5 Å². The Labute approximate surface area is 137 Å². The van der Waals surface area contributed by atoms with Crippen molar-refractivity contribution in [2.24, 2.45) is 0 Å². The van der Waals surface area contributed by atoms with Crippen LogP contribution in [0.5, 0.6) is 0 Å². The van der Waals surface area contributed by atoms with Crippen LogP contribution in [-0.4, -0.2) is 28.8 Å². The third kappa shape index (κ3) is 4.22. The zero-order valence-corrected chi connectivity index (χ0v) is 13.0. The van der Waals surface area contributed by atoms with Crippen molar-refractivity contribution in [3.63, 3.8) is 0 Å². The summed E-state index contributed by atoms with van der Waals surface area (Å²) >= 11 is 0. The fourth-order valence-corrected chi connectivity index (χ4v) is 2.31. The highest BCUT2D eigenvalue weighted by Crippen LogP contribution is 2.23. The number of amides is 1. The van der Waals surface area contributed by atoms with Crippen molar-refractivity contribution < 1.29 is 22.8 Å². The highest BCUT2D eigenvalue weighted by atomic mass is 19.4. The van der Waals surface area contributed by atoms with E-state index >= 15 is 0 Å². The van der Waals surface area contributed by atoms with Crippen LogP contribution in [0.4, 0.5) is 13.2 Å². The van der Waals surface area contributed by atoms with E-state index in [0.717, 1.165) is 0 Å². The van der Waals surface area contributed by atoms with Crippen molar-refractivity contribution in [2.75, 3.05) is 0 Å². The molecule has 24 heavy (non-hydrogen) atoms. The number of halogens is 3. The Morgan fingerprint density at radius 1 is 0.958 bits per heavy atom. The number of carbonyl (C=O) groups excluding carboxylic acids is 2. The summed E-state index contributed by atoms with van der Waals surface area (Å²) < 4.78 is 38.8. The largest absolute Gasteiger partial charge is 0.471 e. The Hall–Kier alpha value is -2.63. The molecule has 0 radical (unpaired) electrons. The van der Waals surface area contributed by atoms with Crippen molar-refractivity contribution in [2.45, 2.75) is 25.7 Å². The van der Waals surface area contributed by atoms with Crippen molar-refractivity contribution in [1.29, 1.82) is 0 Å². The van der Waals surface area contributed by atoms with Crippen LogP contribution in [-0.2, 0) is 11.3 Å². The Morgan fingerprint density at radius 3 is 1.96 bits per heavy atom. The molecule has 0 saturated carbocycles. The standard InChI is InChI=1S/C18H16F3NO2/c1-13(16(23)15-10-6-3-7-11-15)22(17(24)18(19,20)21)12-14-8-4-2-5-9-14/h2-11,13H,12H2,1H3. The van der Waals surface area contributed by atoms with Gasteiger partial charge in [-0.15, -0.1) is 0 Å². The van der Waals surface area contributed by atoms with Crippen molar-refractivity contribution in [1.82, 2.24) is 4.90 Å². The second-order valence-electron chi connectivity index (χ2n) is 5.32. The second-order valence-corrected chi connectivity index (χ2v) is 5.32. The average Bonchev–Trinajstić information content (AvgIpc) is 2.58. The topological polar surface area (TPSA) is 37.4 Å². The Balaban J connectivity index is 2.31. The van der Waals surface area contributed by atoms with Gasteiger partial charge in [0.15, 0.2) is 5.78 Å². The highest BCUT2D eigenvalue weighted by molar-refractivity contribution is 6.02. The second kappa shape index (κ2) is 7.29. The monoisotopic (exact) mass is 335 g/mol. The number of ketones is 1. The number of rotatable bonds is 5. The lowest BCUT2D eigenvalue weighted by atomic mass is 10.0. The maximum absolute atomic E-state index is 12.9. The predicted octanol–water partition coefficient (Wildman–Crippen LogP) is 3.85. The maximum atomic E-state index is 12.9. The fraction of sp³-hybridized carbons (Fsp3) is 0.222. The summed E-state index contributed by atoms with van der Waals surface area (Å²) in [7, 11) is 0. The summed E-state index contributed by atoms with van der Waals surface area (Å²) in [4.78, 5) is 24.8. The number of alkyl halides is 3. The summed E-state index contributed by atoms with van der Waals surface area (Å²) in [5.41, 5.74) is 0.779. The van der Waals surface area contributed by atoms with Gasteiger partial charge in [0.1, 0.15) is 0 Å². The van der Waals surface area contributed by atoms with Crippen molar-refractivity contribution in [3.8, 4) is 0 Å². The minimum Gasteiger partial charge on any atom is -0.320 e. The number of hydrogen-bond donors (Lipinski definition) is 0. The maximum Gasteiger partial charge on any atom is 0.471 e. The molecular formula is C18H16F3NO2. The molecule has 0 heterocycles. The van der Waals surface area contributed by atoms with Gasteiger partial charge in [-0.3, -0.25) is 9.59 Å². The summed E-state index contributed by atoms with van der Waals surface area (Å²) in [5, 5.41) is 0. The molecular weight excluding hydrogens is 319 g/mol. The fourth-order valence-electron chi connectivity index (χ4n) is 2.31. The number of hydrogen-bond acceptors (Lipinski definition) is 2. The lowest BCUT2D eigenvalue weighted by Gasteiger charge is -2.29. The quantitative estimate of drug-likeness (QED) is 0.779. The summed E-state index contributed by atoms with van der Waals surface area (Å²) in [6.45, 7) is 1.01. The number of benzene rings is 2. The van der Waals surface area contributed by atoms with E-state index in [1.165, 1.54) is 19.1 Å². The van der Waals surface area contributed by atoms with Gasteiger partial charge < -0.3 is 4.90 Å². The van der Waals surface area contributed by atoms with Crippen LogP contribution in [0.15, 0.2) is 60.7 Å². The highest BCUT2D eigenvalue weighted by Gasteiger charge is 2.45. The molecule has 3 nitrogen and oxygen atoms in total. The number of carbonyl (C=O) groups is 2. The van der Waals surface area contributed by atoms with E-state index in [9.17, 15) is 22.8 Å². The van der Waals surface area contributed by atoms with Gasteiger partial charge in [-0.25, -0.2) is 0 Å². The lowest BCUT2D eigenvalue weighted by Crippen LogP contribution is -2.48. The van der Waals surface area contributed by atoms with E-state index in [-0.39, 0.29) is 12.1 Å². The molecule has 1 atom stereocenters. The van der Waals surface area contributed by atoms with E-state index in [1.807, 2.05) is 0 Å². The van der Waals surface area contributed by atoms with Crippen LogP contribution in [0.3, 0.4) is 0 Å². The Kier molecular flexibility index (Phi) is 5.39. The van der Waals surface area contributed by atoms with Gasteiger partial charge in [0.2, 0.25) is 0 Å². The third-order valence-electron chi connectivity index (χ3n) is 3.60. The molecule has 0 aliphatic carbocycles. The van der Waals surface area contributed by atoms with Gasteiger partial charge in [-0.1, -0.05) is 60.7 Å². The molecule has 6 heteroatoms. The molecule has 0 aliphatic heterocycles. The molecule has 0 fully saturated rings. The zero-order valence-electron chi connectivity index (χ0n) is 13.0. The van der Waals surface area contributed by atoms with Crippen molar-refractivity contribution >= 4 is 11.7 Å². The Bertz CT molecular complexity index is 699. The van der Waals surface area contributed by atoms with Crippen LogP contribution in [0, 0.1) is 0 Å². The molecule has 1 amide bonds. The molecule has 2 rings (SSSR count). The summed E-state index contributed by atoms with van der Waals surface area (Å²) in [6, 6.07) is 15.0. The first kappa shape index (κ1) is 17.7. The van der Waals surface area contributed by atoms with Crippen LogP contribution in [0.25, 0.3) is 0 Å². The van der Waals surface area contributed by atoms with Gasteiger partial charge in [-0.05, 0) is 12.5 Å². The van der Waals surface area contributed by atoms with E-state index in [2.05, 4.69) is 0 Å². The molecule has 0 saturated heterocycles. The average molecular weight is 335 g/mol. The minimum atomic E-state index is -5.04. The molecule has 1 unspecified atom stereocenters. The van der Waals surface area contributed by atoms with Crippen LogP contribution >= 0.6 is 0 Å². The third-order valence-corrected chi connectivity index (χ3v) is 3.60. The molecule has 0 aliphatic rings. The minimum absolute atomic E-state index is 0.262. The van der Waals surface area contributed by atoms with Crippen LogP contribution in [0.1, 0.15) is 22.8 Å². The van der Waals surface area contributed by atoms with Crippen LogP contribution < -0.4 is 0 Å². The molecule has 0 N–H and O–H groups in total. The summed E-state index contributed by atoms with van der Waals surface area (Å²) in [5.74, 6) is -2.56. The normalized spacial score (nSPS) is 12.5. The molecule has 0 spiro atoms. The first-order valence-electron chi connectivity index (χ1n) is 7.31. The zero-order chi connectivity index (χ0) is 17.7. The van der Waals surface area contributed by atoms with Crippen LogP contribution in [0.2, 0.25) is 0 Å². The first-order valence-corrected chi connectivity index (χ1v) is 7.31. The SMILES string of the molecule is CC(C(=O)c1ccccc1)N(Cc1ccccc1)C(=O)C(F)(F)F. The van der Waals surface area contributed by atoms with E-state index < -0.39 is 23.9 Å². The molecule has 126 valence electrons. The Morgan fingerprint density at radius 2 is 1.46 bits per heavy atom. The predicted molar refractivity (Wildman–Crippen MR) is 83.3 cm³/mol. The number of nitrogens with zero attached hydrogens (tertiary/aromatic N) is 1. The van der Waals surface area contributed by atoms with Gasteiger partial charge >= 0.3 is 12.1 Å². The lowest BCUT2D eigenvalue weighted by molar-refractivity contribution is -0.187. The van der Waals surface area contributed by atoms with Gasteiger partial charge in [-0.2, -0.15) is 13.2 Å². The molecule has 0 aromatic heterocycles. The van der Waals surface area contributed by atoms with Gasteiger partial charge in [0, 0.05) is 12.1 Å². The molecule has 0 bridgehead atoms. The van der Waals surface area contributed by atoms with E-state index in [4.69, 9.17) is 0 Å². The number of Topliss-reactive ketones (excluding diaryl/α,β-unsaturated/α-hetero) is 1. The van der Waals surface area contributed by atoms with Crippen molar-refractivity contribution in [3.05, 3.63) is 71.8 Å². The summed E-state index contributed by atoms with van der Waals surface area (Å²) in [6.07, 6.45) is -5.04. The van der Waals surface area contributed by atoms with Gasteiger partial charge in [0.05, 0.1) is 6.04 Å². The smallest absolute Gasteiger partial charge is 0.320 e. The van der Waals surface area contributed by atoms with Gasteiger partial charge in [0.25, 0.3) is 0 Å². The molecule has 2 aromatic rings. The van der Waals surface area contributed by atoms with E-state index in [0.29, 0.717) is 10.5 Å². The molecule has 2 aromatic carbocycles.